The lowest BCUT2D eigenvalue weighted by molar-refractivity contribution is 0.102. The first-order chi connectivity index (χ1) is 16.9. The van der Waals surface area contributed by atoms with E-state index in [4.69, 9.17) is 0 Å². The molecule has 3 N–H and O–H groups in total. The number of halogens is 2. The summed E-state index contributed by atoms with van der Waals surface area (Å²) in [5.74, 6) is -0.619. The fourth-order valence-corrected chi connectivity index (χ4v) is 3.90. The molecule has 0 saturated carbocycles. The van der Waals surface area contributed by atoms with Gasteiger partial charge in [0.05, 0.1) is 5.56 Å². The minimum Gasteiger partial charge on any atom is -0.340 e. The summed E-state index contributed by atoms with van der Waals surface area (Å²) in [7, 11) is 0. The van der Waals surface area contributed by atoms with Crippen LogP contribution in [0.2, 0.25) is 0 Å². The van der Waals surface area contributed by atoms with Crippen molar-refractivity contribution in [2.45, 2.75) is 24.5 Å². The first-order valence-corrected chi connectivity index (χ1v) is 11.5. The van der Waals surface area contributed by atoms with E-state index in [2.05, 4.69) is 30.9 Å². The van der Waals surface area contributed by atoms with Crippen LogP contribution in [0.15, 0.2) is 77.8 Å². The van der Waals surface area contributed by atoms with E-state index in [-0.39, 0.29) is 10.5 Å². The Morgan fingerprint density at radius 1 is 0.857 bits per heavy atom. The minimum absolute atomic E-state index is 0.194. The summed E-state index contributed by atoms with van der Waals surface area (Å²) < 4.78 is 25.6. The van der Waals surface area contributed by atoms with E-state index < -0.39 is 11.7 Å². The summed E-state index contributed by atoms with van der Waals surface area (Å²) in [4.78, 5) is 26.0. The van der Waals surface area contributed by atoms with Crippen LogP contribution in [0, 0.1) is 13.8 Å². The molecule has 0 unspecified atom stereocenters. The van der Waals surface area contributed by atoms with E-state index in [1.54, 1.807) is 55.6 Å². The second kappa shape index (κ2) is 10.9. The van der Waals surface area contributed by atoms with E-state index in [0.29, 0.717) is 40.7 Å². The van der Waals surface area contributed by atoms with Crippen LogP contribution in [-0.4, -0.2) is 26.6 Å². The van der Waals surface area contributed by atoms with E-state index >= 15 is 0 Å². The van der Waals surface area contributed by atoms with Crippen molar-refractivity contribution in [2.75, 3.05) is 16.0 Å². The number of hydrogen-bond donors (Lipinski definition) is 3. The highest BCUT2D eigenvalue weighted by Crippen LogP contribution is 2.29. The lowest BCUT2D eigenvalue weighted by Gasteiger charge is -2.12. The Labute approximate surface area is 205 Å². The third-order valence-electron chi connectivity index (χ3n) is 4.77. The highest BCUT2D eigenvalue weighted by atomic mass is 32.2. The lowest BCUT2D eigenvalue weighted by Crippen LogP contribution is -2.13. The molecule has 35 heavy (non-hydrogen) atoms. The maximum atomic E-state index is 12.8. The van der Waals surface area contributed by atoms with Gasteiger partial charge in [0.25, 0.3) is 11.7 Å². The van der Waals surface area contributed by atoms with Gasteiger partial charge in [-0.1, -0.05) is 23.9 Å². The van der Waals surface area contributed by atoms with Crippen molar-refractivity contribution >= 4 is 46.5 Å². The number of nitrogens with one attached hydrogen (secondary N) is 3. The third kappa shape index (κ3) is 6.73. The summed E-state index contributed by atoms with van der Waals surface area (Å²) in [6, 6.07) is 18.9. The van der Waals surface area contributed by atoms with Gasteiger partial charge < -0.3 is 16.0 Å². The van der Waals surface area contributed by atoms with E-state index in [1.165, 1.54) is 12.1 Å². The van der Waals surface area contributed by atoms with Crippen LogP contribution >= 0.6 is 11.8 Å². The molecule has 0 radical (unpaired) electrons. The van der Waals surface area contributed by atoms with Gasteiger partial charge in [-0.15, -0.1) is 0 Å². The smallest absolute Gasteiger partial charge is 0.288 e. The van der Waals surface area contributed by atoms with Crippen LogP contribution in [0.25, 0.3) is 0 Å². The molecule has 10 heteroatoms. The summed E-state index contributed by atoms with van der Waals surface area (Å²) in [5.41, 5.74) is 2.55. The average Bonchev–Trinajstić information content (AvgIpc) is 2.80. The number of rotatable bonds is 8. The molecule has 1 amide bonds. The zero-order chi connectivity index (χ0) is 24.8. The Bertz CT molecular complexity index is 1330. The van der Waals surface area contributed by atoms with Crippen molar-refractivity contribution in [1.29, 1.82) is 0 Å². The normalized spacial score (nSPS) is 10.8. The first-order valence-electron chi connectivity index (χ1n) is 10.6. The summed E-state index contributed by atoms with van der Waals surface area (Å²) >= 11 is 0.346. The SMILES string of the molecule is Cc1ccnc(Nc2cc(Nc3ccc(NC(=O)c4ccccc4SC(F)F)cc3)nc(C)n2)c1. The fraction of sp³-hybridized carbons (Fsp3) is 0.120. The van der Waals surface area contributed by atoms with Crippen LogP contribution < -0.4 is 16.0 Å². The molecule has 0 aliphatic carbocycles. The van der Waals surface area contributed by atoms with Gasteiger partial charge in [0.1, 0.15) is 23.3 Å². The second-order valence-corrected chi connectivity index (χ2v) is 8.59. The topological polar surface area (TPSA) is 91.8 Å². The van der Waals surface area contributed by atoms with Crippen LogP contribution in [0.3, 0.4) is 0 Å². The number of nitrogens with zero attached hydrogens (tertiary/aromatic N) is 3. The maximum absolute atomic E-state index is 12.8. The van der Waals surface area contributed by atoms with Crippen molar-refractivity contribution in [3.63, 3.8) is 0 Å². The van der Waals surface area contributed by atoms with Gasteiger partial charge in [-0.2, -0.15) is 8.78 Å². The van der Waals surface area contributed by atoms with Crippen molar-refractivity contribution in [3.8, 4) is 0 Å². The molecule has 0 atom stereocenters. The lowest BCUT2D eigenvalue weighted by atomic mass is 10.2. The number of amides is 1. The molecule has 0 bridgehead atoms. The number of hydrogen-bond acceptors (Lipinski definition) is 7. The van der Waals surface area contributed by atoms with Gasteiger partial charge in [0.15, 0.2) is 0 Å². The Hall–Kier alpha value is -4.05. The molecular formula is C25H22F2N6OS. The Morgan fingerprint density at radius 2 is 1.54 bits per heavy atom. The molecule has 4 aromatic rings. The van der Waals surface area contributed by atoms with Crippen LogP contribution in [0.1, 0.15) is 21.7 Å². The Morgan fingerprint density at radius 3 is 2.26 bits per heavy atom. The average molecular weight is 493 g/mol. The molecule has 2 heterocycles. The van der Waals surface area contributed by atoms with Gasteiger partial charge in [-0.3, -0.25) is 4.79 Å². The standard InChI is InChI=1S/C25H22F2N6OS/c1-15-11-12-28-21(13-15)33-23-14-22(29-16(2)30-23)31-17-7-9-18(10-8-17)32-24(34)19-5-3-4-6-20(19)35-25(26)27/h3-14,25H,1-2H3,(H,32,34)(H2,28,29,30,31,33). The van der Waals surface area contributed by atoms with Gasteiger partial charge >= 0.3 is 0 Å². The second-order valence-electron chi connectivity index (χ2n) is 7.56. The predicted octanol–water partition coefficient (Wildman–Crippen LogP) is 6.54. The number of carbonyl (C=O) groups is 1. The van der Waals surface area contributed by atoms with E-state index in [1.807, 2.05) is 19.1 Å². The number of thioether (sulfide) groups is 1. The predicted molar refractivity (Wildman–Crippen MR) is 135 cm³/mol. The zero-order valence-corrected chi connectivity index (χ0v) is 19.7. The van der Waals surface area contributed by atoms with Crippen molar-refractivity contribution < 1.29 is 13.6 Å². The van der Waals surface area contributed by atoms with E-state index in [0.717, 1.165) is 11.3 Å². The highest BCUT2D eigenvalue weighted by molar-refractivity contribution is 7.99. The van der Waals surface area contributed by atoms with Crippen LogP contribution in [0.4, 0.5) is 37.6 Å². The van der Waals surface area contributed by atoms with Gasteiger partial charge in [-0.25, -0.2) is 15.0 Å². The number of aryl methyl sites for hydroxylation is 2. The number of alkyl halides is 2. The molecule has 0 fully saturated rings. The molecule has 0 spiro atoms. The number of carbonyl (C=O) groups excluding carboxylic acids is 1. The zero-order valence-electron chi connectivity index (χ0n) is 18.9. The number of anilines is 5. The monoisotopic (exact) mass is 492 g/mol. The van der Waals surface area contributed by atoms with Crippen LogP contribution in [0.5, 0.6) is 0 Å². The number of benzene rings is 2. The molecule has 7 nitrogen and oxygen atoms in total. The quantitative estimate of drug-likeness (QED) is 0.240. The van der Waals surface area contributed by atoms with E-state index in [9.17, 15) is 13.6 Å². The minimum atomic E-state index is -2.61. The Balaban J connectivity index is 1.43. The van der Waals surface area contributed by atoms with Crippen molar-refractivity contribution in [3.05, 3.63) is 89.9 Å². The molecule has 2 aromatic carbocycles. The number of pyridine rings is 1. The fourth-order valence-electron chi connectivity index (χ4n) is 3.27. The summed E-state index contributed by atoms with van der Waals surface area (Å²) in [6.07, 6.45) is 1.72. The van der Waals surface area contributed by atoms with Gasteiger partial charge in [-0.05, 0) is 67.9 Å². The maximum Gasteiger partial charge on any atom is 0.288 e. The third-order valence-corrected chi connectivity index (χ3v) is 5.56. The highest BCUT2D eigenvalue weighted by Gasteiger charge is 2.15. The summed E-state index contributed by atoms with van der Waals surface area (Å²) in [5, 5.41) is 9.14. The molecule has 4 rings (SSSR count). The van der Waals surface area contributed by atoms with Gasteiger partial charge in [0, 0.05) is 28.5 Å². The van der Waals surface area contributed by atoms with Crippen molar-refractivity contribution in [1.82, 2.24) is 15.0 Å². The molecule has 0 saturated heterocycles. The van der Waals surface area contributed by atoms with Gasteiger partial charge in [0.2, 0.25) is 0 Å². The molecule has 2 aromatic heterocycles. The Kier molecular flexibility index (Phi) is 7.51. The summed E-state index contributed by atoms with van der Waals surface area (Å²) in [6.45, 7) is 3.78. The molecular weight excluding hydrogens is 470 g/mol. The molecule has 178 valence electrons. The number of aromatic nitrogens is 3. The molecule has 0 aliphatic rings. The van der Waals surface area contributed by atoms with Crippen LogP contribution in [-0.2, 0) is 0 Å². The largest absolute Gasteiger partial charge is 0.340 e. The first kappa shape index (κ1) is 24.1. The molecule has 0 aliphatic heterocycles. The van der Waals surface area contributed by atoms with Crippen molar-refractivity contribution in [2.24, 2.45) is 0 Å².